The van der Waals surface area contributed by atoms with Crippen molar-refractivity contribution >= 4 is 86.3 Å². The van der Waals surface area contributed by atoms with E-state index in [1.807, 2.05) is 0 Å². The molecule has 0 unspecified atom stereocenters. The predicted octanol–water partition coefficient (Wildman–Crippen LogP) is 5.78. The predicted molar refractivity (Wildman–Crippen MR) is 121 cm³/mol. The molecule has 1 saturated heterocycles. The number of amides is 1. The van der Waals surface area contributed by atoms with Crippen LogP contribution in [0.1, 0.15) is 15.9 Å². The highest BCUT2D eigenvalue weighted by Crippen LogP contribution is 2.36. The van der Waals surface area contributed by atoms with Gasteiger partial charge < -0.3 is 10.4 Å². The van der Waals surface area contributed by atoms with Crippen LogP contribution in [-0.4, -0.2) is 27.1 Å². The van der Waals surface area contributed by atoms with E-state index in [1.54, 1.807) is 42.5 Å². The van der Waals surface area contributed by atoms with Crippen molar-refractivity contribution in [2.45, 2.75) is 0 Å². The second kappa shape index (κ2) is 8.28. The van der Waals surface area contributed by atoms with Gasteiger partial charge in [0, 0.05) is 11.6 Å². The Morgan fingerprint density at radius 3 is 2.60 bits per heavy atom. The number of nitrogens with one attached hydrogen (secondary N) is 1. The summed E-state index contributed by atoms with van der Waals surface area (Å²) < 4.78 is 0. The van der Waals surface area contributed by atoms with Gasteiger partial charge in [0.1, 0.15) is 5.69 Å². The number of rotatable bonds is 3. The maximum absolute atomic E-state index is 12.4. The van der Waals surface area contributed by atoms with Crippen molar-refractivity contribution in [3.05, 3.63) is 73.7 Å². The topological polar surface area (TPSA) is 91.7 Å². The quantitative estimate of drug-likeness (QED) is 0.465. The van der Waals surface area contributed by atoms with Crippen LogP contribution in [0.3, 0.4) is 0 Å². The summed E-state index contributed by atoms with van der Waals surface area (Å²) in [5.74, 6) is -1.49. The molecule has 0 radical (unpaired) electrons. The number of hydrogen-bond donors (Lipinski definition) is 2. The molecule has 1 amide bonds. The second-order valence-corrected chi connectivity index (χ2v) is 8.34. The van der Waals surface area contributed by atoms with Crippen LogP contribution in [0.2, 0.25) is 15.1 Å². The normalized spacial score (nSPS) is 16.4. The standard InChI is InChI=1S/C20H10Cl3N3O3S/c21-12-2-1-3-13(22)17(12)25-20-26-18(27)15(30-20)7-9-4-5-14-10(6-9)16(23)11(8-24-14)19(28)29/h1-8H,(H,28,29)(H,25,26,27)/b15-7-. The van der Waals surface area contributed by atoms with E-state index < -0.39 is 5.97 Å². The number of carboxylic acid groups (broad SMARTS) is 1. The average Bonchev–Trinajstić information content (AvgIpc) is 3.04. The summed E-state index contributed by atoms with van der Waals surface area (Å²) in [5, 5.41) is 13.5. The van der Waals surface area contributed by atoms with Gasteiger partial charge in [0.2, 0.25) is 0 Å². The summed E-state index contributed by atoms with van der Waals surface area (Å²) in [7, 11) is 0. The van der Waals surface area contributed by atoms with Gasteiger partial charge in [-0.15, -0.1) is 0 Å². The first-order chi connectivity index (χ1) is 14.3. The molecular weight excluding hydrogens is 469 g/mol. The number of para-hydroxylation sites is 1. The molecule has 1 aliphatic heterocycles. The molecule has 3 aromatic rings. The van der Waals surface area contributed by atoms with E-state index in [-0.39, 0.29) is 16.5 Å². The Morgan fingerprint density at radius 1 is 1.17 bits per heavy atom. The van der Waals surface area contributed by atoms with Gasteiger partial charge in [-0.25, -0.2) is 9.79 Å². The fourth-order valence-corrected chi connectivity index (χ4v) is 4.34. The summed E-state index contributed by atoms with van der Waals surface area (Å²) in [4.78, 5) is 32.5. The molecule has 30 heavy (non-hydrogen) atoms. The molecule has 2 N–H and O–H groups in total. The van der Waals surface area contributed by atoms with Crippen LogP contribution in [0.4, 0.5) is 5.69 Å². The number of carbonyl (C=O) groups is 2. The molecular formula is C20H10Cl3N3O3S. The molecule has 0 atom stereocenters. The first-order valence-corrected chi connectivity index (χ1v) is 10.3. The molecule has 4 rings (SSSR count). The zero-order valence-corrected chi connectivity index (χ0v) is 17.9. The molecule has 0 saturated carbocycles. The van der Waals surface area contributed by atoms with E-state index >= 15 is 0 Å². The molecule has 150 valence electrons. The van der Waals surface area contributed by atoms with Crippen molar-refractivity contribution in [1.29, 1.82) is 0 Å². The van der Waals surface area contributed by atoms with Crippen molar-refractivity contribution in [2.24, 2.45) is 4.99 Å². The summed E-state index contributed by atoms with van der Waals surface area (Å²) in [6.07, 6.45) is 2.87. The Morgan fingerprint density at radius 2 is 1.90 bits per heavy atom. The van der Waals surface area contributed by atoms with E-state index in [2.05, 4.69) is 15.3 Å². The van der Waals surface area contributed by atoms with Crippen LogP contribution in [-0.2, 0) is 4.79 Å². The molecule has 6 nitrogen and oxygen atoms in total. The number of nitrogens with zero attached hydrogens (tertiary/aromatic N) is 2. The number of thioether (sulfide) groups is 1. The van der Waals surface area contributed by atoms with Crippen molar-refractivity contribution < 1.29 is 14.7 Å². The van der Waals surface area contributed by atoms with Crippen LogP contribution in [0.15, 0.2) is 52.5 Å². The van der Waals surface area contributed by atoms with Gasteiger partial charge in [-0.3, -0.25) is 9.78 Å². The smallest absolute Gasteiger partial charge is 0.338 e. The number of carbonyl (C=O) groups excluding carboxylic acids is 1. The number of halogens is 3. The monoisotopic (exact) mass is 477 g/mol. The van der Waals surface area contributed by atoms with E-state index in [9.17, 15) is 14.7 Å². The zero-order chi connectivity index (χ0) is 21.4. The highest BCUT2D eigenvalue weighted by Gasteiger charge is 2.24. The molecule has 0 aliphatic carbocycles. The van der Waals surface area contributed by atoms with Gasteiger partial charge >= 0.3 is 5.97 Å². The van der Waals surface area contributed by atoms with Gasteiger partial charge in [-0.05, 0) is 47.7 Å². The van der Waals surface area contributed by atoms with Crippen molar-refractivity contribution in [2.75, 3.05) is 0 Å². The molecule has 10 heteroatoms. The third kappa shape index (κ3) is 4.02. The third-order valence-electron chi connectivity index (χ3n) is 4.16. The van der Waals surface area contributed by atoms with Gasteiger partial charge in [0.05, 0.1) is 31.1 Å². The fraction of sp³-hybridized carbons (Fsp3) is 0. The van der Waals surface area contributed by atoms with Crippen molar-refractivity contribution in [1.82, 2.24) is 10.3 Å². The molecule has 1 aliphatic rings. The fourth-order valence-electron chi connectivity index (χ4n) is 2.75. The Hall–Kier alpha value is -2.58. The van der Waals surface area contributed by atoms with Gasteiger partial charge in [-0.1, -0.05) is 46.9 Å². The van der Waals surface area contributed by atoms with Gasteiger partial charge in [0.15, 0.2) is 5.17 Å². The highest BCUT2D eigenvalue weighted by atomic mass is 35.5. The van der Waals surface area contributed by atoms with Gasteiger partial charge in [-0.2, -0.15) is 0 Å². The molecule has 1 aromatic heterocycles. The number of benzene rings is 2. The summed E-state index contributed by atoms with van der Waals surface area (Å²) in [5.41, 5.74) is 1.48. The number of aliphatic imine (C=N–C) groups is 1. The Balaban J connectivity index is 1.69. The summed E-state index contributed by atoms with van der Waals surface area (Å²) in [6.45, 7) is 0. The minimum atomic E-state index is -1.16. The Bertz CT molecular complexity index is 1270. The third-order valence-corrected chi connectivity index (χ3v) is 6.08. The Labute approximate surface area is 189 Å². The molecule has 1 fully saturated rings. The minimum absolute atomic E-state index is 0.0897. The average molecular weight is 479 g/mol. The number of aromatic nitrogens is 1. The lowest BCUT2D eigenvalue weighted by molar-refractivity contribution is -0.115. The summed E-state index contributed by atoms with van der Waals surface area (Å²) >= 11 is 19.6. The van der Waals surface area contributed by atoms with Crippen molar-refractivity contribution in [3.63, 3.8) is 0 Å². The van der Waals surface area contributed by atoms with Crippen LogP contribution >= 0.6 is 46.6 Å². The number of fused-ring (bicyclic) bond motifs is 1. The first kappa shape index (κ1) is 20.7. The maximum Gasteiger partial charge on any atom is 0.338 e. The number of amidine groups is 1. The number of carboxylic acids is 1. The molecule has 0 bridgehead atoms. The number of aromatic carboxylic acids is 1. The molecule has 0 spiro atoms. The maximum atomic E-state index is 12.4. The number of pyridine rings is 1. The van der Waals surface area contributed by atoms with E-state index in [0.29, 0.717) is 42.3 Å². The second-order valence-electron chi connectivity index (χ2n) is 6.12. The van der Waals surface area contributed by atoms with Crippen molar-refractivity contribution in [3.8, 4) is 0 Å². The van der Waals surface area contributed by atoms with Crippen LogP contribution < -0.4 is 5.32 Å². The zero-order valence-electron chi connectivity index (χ0n) is 14.8. The van der Waals surface area contributed by atoms with Crippen LogP contribution in [0.5, 0.6) is 0 Å². The molecule has 2 heterocycles. The van der Waals surface area contributed by atoms with E-state index in [4.69, 9.17) is 34.8 Å². The van der Waals surface area contributed by atoms with Crippen LogP contribution in [0.25, 0.3) is 17.0 Å². The van der Waals surface area contributed by atoms with Crippen LogP contribution in [0, 0.1) is 0 Å². The lowest BCUT2D eigenvalue weighted by Gasteiger charge is -2.05. The summed E-state index contributed by atoms with van der Waals surface area (Å²) in [6, 6.07) is 10.2. The number of hydrogen-bond acceptors (Lipinski definition) is 5. The lowest BCUT2D eigenvalue weighted by Crippen LogP contribution is -2.19. The van der Waals surface area contributed by atoms with E-state index in [1.165, 1.54) is 6.20 Å². The first-order valence-electron chi connectivity index (χ1n) is 8.38. The van der Waals surface area contributed by atoms with E-state index in [0.717, 1.165) is 11.8 Å². The largest absolute Gasteiger partial charge is 0.478 e. The highest BCUT2D eigenvalue weighted by molar-refractivity contribution is 8.18. The lowest BCUT2D eigenvalue weighted by atomic mass is 10.1. The minimum Gasteiger partial charge on any atom is -0.478 e. The Kier molecular flexibility index (Phi) is 5.71. The SMILES string of the molecule is O=C1NC(=Nc2c(Cl)cccc2Cl)S/C1=C\c1ccc2ncc(C(=O)O)c(Cl)c2c1. The molecule has 2 aromatic carbocycles. The van der Waals surface area contributed by atoms with Gasteiger partial charge in [0.25, 0.3) is 5.91 Å².